The van der Waals surface area contributed by atoms with Crippen LogP contribution in [0.25, 0.3) is 0 Å². The van der Waals surface area contributed by atoms with Gasteiger partial charge in [-0.05, 0) is 12.3 Å². The Morgan fingerprint density at radius 1 is 1.62 bits per heavy atom. The van der Waals surface area contributed by atoms with Gasteiger partial charge in [-0.3, -0.25) is 0 Å². The topological polar surface area (TPSA) is 63.4 Å². The Labute approximate surface area is 80.1 Å². The van der Waals surface area contributed by atoms with Gasteiger partial charge >= 0.3 is 0 Å². The quantitative estimate of drug-likeness (QED) is 0.707. The molecule has 4 nitrogen and oxygen atoms in total. The first-order valence-corrected chi connectivity index (χ1v) is 6.30. The largest absolute Gasteiger partial charge is 0.327 e. The first-order chi connectivity index (χ1) is 5.95. The zero-order valence-electron chi connectivity index (χ0n) is 8.23. The maximum Gasteiger partial charge on any atom is 0.214 e. The number of rotatable bonds is 3. The van der Waals surface area contributed by atoms with Crippen LogP contribution in [-0.2, 0) is 10.0 Å². The van der Waals surface area contributed by atoms with Crippen molar-refractivity contribution in [3.63, 3.8) is 0 Å². The lowest BCUT2D eigenvalue weighted by atomic mass is 10.2. The minimum Gasteiger partial charge on any atom is -0.327 e. The van der Waals surface area contributed by atoms with Crippen molar-refractivity contribution in [3.8, 4) is 0 Å². The lowest BCUT2D eigenvalue weighted by Crippen LogP contribution is -2.38. The van der Waals surface area contributed by atoms with Gasteiger partial charge in [0, 0.05) is 19.1 Å². The molecular weight excluding hydrogens is 188 g/mol. The molecule has 2 N–H and O–H groups in total. The molecule has 0 radical (unpaired) electrons. The van der Waals surface area contributed by atoms with Crippen LogP contribution in [-0.4, -0.2) is 37.6 Å². The summed E-state index contributed by atoms with van der Waals surface area (Å²) in [4.78, 5) is 0. The second kappa shape index (κ2) is 3.94. The first kappa shape index (κ1) is 10.9. The molecule has 1 saturated heterocycles. The van der Waals surface area contributed by atoms with E-state index < -0.39 is 10.0 Å². The molecule has 0 amide bonds. The summed E-state index contributed by atoms with van der Waals surface area (Å²) >= 11 is 0. The molecule has 1 heterocycles. The number of nitrogens with two attached hydrogens (primary N) is 1. The van der Waals surface area contributed by atoms with Gasteiger partial charge in [-0.15, -0.1) is 0 Å². The predicted molar refractivity (Wildman–Crippen MR) is 52.8 cm³/mol. The summed E-state index contributed by atoms with van der Waals surface area (Å²) in [6.45, 7) is 5.03. The van der Waals surface area contributed by atoms with Gasteiger partial charge in [0.25, 0.3) is 0 Å². The van der Waals surface area contributed by atoms with Crippen LogP contribution in [0.3, 0.4) is 0 Å². The molecule has 0 aliphatic carbocycles. The Bertz CT molecular complexity index is 263. The van der Waals surface area contributed by atoms with Gasteiger partial charge in [0.05, 0.1) is 5.75 Å². The summed E-state index contributed by atoms with van der Waals surface area (Å²) < 4.78 is 24.5. The molecule has 0 spiro atoms. The normalized spacial score (nSPS) is 30.5. The zero-order chi connectivity index (χ0) is 10.1. The molecular formula is C8H18N2O2S. The molecule has 5 heteroatoms. The van der Waals surface area contributed by atoms with Crippen molar-refractivity contribution < 1.29 is 8.42 Å². The van der Waals surface area contributed by atoms with E-state index >= 15 is 0 Å². The number of hydrogen-bond acceptors (Lipinski definition) is 3. The Morgan fingerprint density at radius 3 is 2.62 bits per heavy atom. The maximum atomic E-state index is 11.5. The van der Waals surface area contributed by atoms with Crippen molar-refractivity contribution >= 4 is 10.0 Å². The average Bonchev–Trinajstić information content (AvgIpc) is 2.24. The summed E-state index contributed by atoms with van der Waals surface area (Å²) in [5.41, 5.74) is 5.71. The van der Waals surface area contributed by atoms with Crippen LogP contribution in [0.15, 0.2) is 0 Å². The minimum atomic E-state index is -2.99. The third-order valence-electron chi connectivity index (χ3n) is 2.37. The number of sulfonamides is 1. The SMILES string of the molecule is CCC(N)CN1CC(C)CS1(=O)=O. The van der Waals surface area contributed by atoms with Gasteiger partial charge in [0.1, 0.15) is 0 Å². The van der Waals surface area contributed by atoms with E-state index in [1.807, 2.05) is 13.8 Å². The van der Waals surface area contributed by atoms with Gasteiger partial charge < -0.3 is 5.73 Å². The summed E-state index contributed by atoms with van der Waals surface area (Å²) in [5.74, 6) is 0.526. The third kappa shape index (κ3) is 2.65. The molecule has 2 unspecified atom stereocenters. The maximum absolute atomic E-state index is 11.5. The van der Waals surface area contributed by atoms with Crippen molar-refractivity contribution in [1.29, 1.82) is 0 Å². The van der Waals surface area contributed by atoms with E-state index in [1.165, 1.54) is 4.31 Å². The zero-order valence-corrected chi connectivity index (χ0v) is 9.05. The summed E-state index contributed by atoms with van der Waals surface area (Å²) in [7, 11) is -2.99. The average molecular weight is 206 g/mol. The molecule has 1 aliphatic rings. The second-order valence-electron chi connectivity index (χ2n) is 3.87. The Kier molecular flexibility index (Phi) is 3.32. The fourth-order valence-electron chi connectivity index (χ4n) is 1.56. The van der Waals surface area contributed by atoms with Gasteiger partial charge in [-0.1, -0.05) is 13.8 Å². The molecule has 0 aromatic heterocycles. The van der Waals surface area contributed by atoms with Gasteiger partial charge in [0.15, 0.2) is 0 Å². The molecule has 0 aromatic rings. The highest BCUT2D eigenvalue weighted by molar-refractivity contribution is 7.89. The second-order valence-corrected chi connectivity index (χ2v) is 5.88. The van der Waals surface area contributed by atoms with E-state index in [-0.39, 0.29) is 17.7 Å². The molecule has 1 rings (SSSR count). The molecule has 13 heavy (non-hydrogen) atoms. The van der Waals surface area contributed by atoms with E-state index in [1.54, 1.807) is 0 Å². The third-order valence-corrected chi connectivity index (χ3v) is 4.44. The van der Waals surface area contributed by atoms with Crippen LogP contribution in [0.5, 0.6) is 0 Å². The molecule has 0 saturated carbocycles. The van der Waals surface area contributed by atoms with Crippen molar-refractivity contribution in [2.75, 3.05) is 18.8 Å². The van der Waals surface area contributed by atoms with Crippen LogP contribution in [0.4, 0.5) is 0 Å². The van der Waals surface area contributed by atoms with E-state index in [9.17, 15) is 8.42 Å². The van der Waals surface area contributed by atoms with Crippen molar-refractivity contribution in [2.24, 2.45) is 11.7 Å². The van der Waals surface area contributed by atoms with E-state index in [0.717, 1.165) is 6.42 Å². The van der Waals surface area contributed by atoms with Crippen LogP contribution < -0.4 is 5.73 Å². The standard InChI is InChI=1S/C8H18N2O2S/c1-3-8(9)5-10-4-7(2)6-13(10,11)12/h7-8H,3-6,9H2,1-2H3. The Morgan fingerprint density at radius 2 is 2.23 bits per heavy atom. The highest BCUT2D eigenvalue weighted by Crippen LogP contribution is 2.18. The van der Waals surface area contributed by atoms with Crippen LogP contribution in [0.2, 0.25) is 0 Å². The Balaban J connectivity index is 2.60. The van der Waals surface area contributed by atoms with Crippen molar-refractivity contribution in [3.05, 3.63) is 0 Å². The molecule has 1 aliphatic heterocycles. The highest BCUT2D eigenvalue weighted by Gasteiger charge is 2.33. The fraction of sp³-hybridized carbons (Fsp3) is 1.00. The first-order valence-electron chi connectivity index (χ1n) is 4.69. The Hall–Kier alpha value is -0.130. The predicted octanol–water partition coefficient (Wildman–Crippen LogP) is 0.00520. The van der Waals surface area contributed by atoms with Crippen LogP contribution in [0, 0.1) is 5.92 Å². The molecule has 2 atom stereocenters. The smallest absolute Gasteiger partial charge is 0.214 e. The van der Waals surface area contributed by atoms with Crippen molar-refractivity contribution in [2.45, 2.75) is 26.3 Å². The molecule has 0 aromatic carbocycles. The molecule has 0 bridgehead atoms. The van der Waals surface area contributed by atoms with E-state index in [2.05, 4.69) is 0 Å². The van der Waals surface area contributed by atoms with Crippen LogP contribution >= 0.6 is 0 Å². The lowest BCUT2D eigenvalue weighted by Gasteiger charge is -2.18. The lowest BCUT2D eigenvalue weighted by molar-refractivity contribution is 0.381. The van der Waals surface area contributed by atoms with Gasteiger partial charge in [-0.2, -0.15) is 0 Å². The monoisotopic (exact) mass is 206 g/mol. The molecule has 1 fully saturated rings. The van der Waals surface area contributed by atoms with E-state index in [0.29, 0.717) is 13.1 Å². The minimum absolute atomic E-state index is 0.0277. The summed E-state index contributed by atoms with van der Waals surface area (Å²) in [6.07, 6.45) is 0.820. The van der Waals surface area contributed by atoms with E-state index in [4.69, 9.17) is 5.73 Å². The van der Waals surface area contributed by atoms with Gasteiger partial charge in [-0.25, -0.2) is 12.7 Å². The number of hydrogen-bond donors (Lipinski definition) is 1. The summed E-state index contributed by atoms with van der Waals surface area (Å²) in [5, 5.41) is 0. The fourth-order valence-corrected chi connectivity index (χ4v) is 3.49. The highest BCUT2D eigenvalue weighted by atomic mass is 32.2. The van der Waals surface area contributed by atoms with Crippen LogP contribution in [0.1, 0.15) is 20.3 Å². The number of nitrogens with zero attached hydrogens (tertiary/aromatic N) is 1. The van der Waals surface area contributed by atoms with Gasteiger partial charge in [0.2, 0.25) is 10.0 Å². The molecule has 78 valence electrons. The summed E-state index contributed by atoms with van der Waals surface area (Å²) in [6, 6.07) is -0.0277. The van der Waals surface area contributed by atoms with Crippen molar-refractivity contribution in [1.82, 2.24) is 4.31 Å².